The predicted molar refractivity (Wildman–Crippen MR) is 112 cm³/mol. The van der Waals surface area contributed by atoms with Gasteiger partial charge in [0.1, 0.15) is 0 Å². The Balaban J connectivity index is 1.72. The topological polar surface area (TPSA) is 72.9 Å². The zero-order chi connectivity index (χ0) is 18.8. The fourth-order valence-electron chi connectivity index (χ4n) is 2.99. The molecule has 2 heterocycles. The first-order chi connectivity index (χ1) is 13.1. The highest BCUT2D eigenvalue weighted by molar-refractivity contribution is 9.10. The number of imidazole rings is 1. The average Bonchev–Trinajstić information content (AvgIpc) is 3.00. The zero-order valence-corrected chi connectivity index (χ0v) is 16.5. The number of hydrogen-bond donors (Lipinski definition) is 1. The quantitative estimate of drug-likeness (QED) is 0.494. The molecule has 4 rings (SSSR count). The molecular formula is C20H19BrN6. The van der Waals surface area contributed by atoms with Crippen molar-refractivity contribution in [2.75, 3.05) is 17.7 Å². The van der Waals surface area contributed by atoms with Gasteiger partial charge in [-0.05, 0) is 27.1 Å². The molecule has 0 radical (unpaired) electrons. The molecule has 0 aliphatic heterocycles. The lowest BCUT2D eigenvalue weighted by Crippen LogP contribution is -2.20. The molecule has 2 aromatic carbocycles. The van der Waals surface area contributed by atoms with Gasteiger partial charge in [0.05, 0.1) is 6.54 Å². The molecule has 4 aromatic rings. The number of rotatable bonds is 5. The third kappa shape index (κ3) is 3.64. The van der Waals surface area contributed by atoms with Crippen LogP contribution in [0.4, 0.5) is 11.8 Å². The molecule has 136 valence electrons. The lowest BCUT2D eigenvalue weighted by Gasteiger charge is -2.17. The standard InChI is InChI=1S/C20H19BrN6/c1-26(12-14-8-4-2-5-9-14)20-24-17(22)16-18(25-20)27(19(21)23-16)13-15-10-6-3-7-11-15/h2-11H,12-13H2,1H3,(H2,22,24,25). The van der Waals surface area contributed by atoms with Crippen molar-refractivity contribution in [3.8, 4) is 0 Å². The van der Waals surface area contributed by atoms with Crippen LogP contribution in [0.1, 0.15) is 11.1 Å². The van der Waals surface area contributed by atoms with E-state index in [1.165, 1.54) is 5.56 Å². The van der Waals surface area contributed by atoms with Crippen LogP contribution in [0.25, 0.3) is 11.2 Å². The molecule has 0 fully saturated rings. The van der Waals surface area contributed by atoms with Crippen molar-refractivity contribution < 1.29 is 0 Å². The number of halogens is 1. The fraction of sp³-hybridized carbons (Fsp3) is 0.150. The van der Waals surface area contributed by atoms with E-state index in [-0.39, 0.29) is 0 Å². The fourth-order valence-corrected chi connectivity index (χ4v) is 3.46. The van der Waals surface area contributed by atoms with E-state index in [9.17, 15) is 0 Å². The molecule has 0 spiro atoms. The maximum atomic E-state index is 6.19. The van der Waals surface area contributed by atoms with Crippen LogP contribution in [0.2, 0.25) is 0 Å². The first-order valence-electron chi connectivity index (χ1n) is 8.60. The average molecular weight is 423 g/mol. The number of nitrogens with zero attached hydrogens (tertiary/aromatic N) is 5. The van der Waals surface area contributed by atoms with E-state index in [1.807, 2.05) is 52.9 Å². The summed E-state index contributed by atoms with van der Waals surface area (Å²) in [5, 5.41) is 0. The molecule has 0 unspecified atom stereocenters. The molecule has 7 heteroatoms. The Morgan fingerprint density at radius 1 is 0.926 bits per heavy atom. The normalized spacial score (nSPS) is 11.0. The van der Waals surface area contributed by atoms with E-state index in [0.717, 1.165) is 5.56 Å². The summed E-state index contributed by atoms with van der Waals surface area (Å²) in [5.74, 6) is 0.952. The summed E-state index contributed by atoms with van der Waals surface area (Å²) in [6, 6.07) is 20.4. The van der Waals surface area contributed by atoms with E-state index >= 15 is 0 Å². The summed E-state index contributed by atoms with van der Waals surface area (Å²) in [7, 11) is 1.96. The number of aromatic nitrogens is 4. The third-order valence-corrected chi connectivity index (χ3v) is 4.96. The molecule has 6 nitrogen and oxygen atoms in total. The molecule has 2 N–H and O–H groups in total. The summed E-state index contributed by atoms with van der Waals surface area (Å²) in [6.45, 7) is 1.34. The Morgan fingerprint density at radius 3 is 2.22 bits per heavy atom. The maximum absolute atomic E-state index is 6.19. The van der Waals surface area contributed by atoms with E-state index in [0.29, 0.717) is 40.8 Å². The second-order valence-corrected chi connectivity index (χ2v) is 7.08. The smallest absolute Gasteiger partial charge is 0.229 e. The summed E-state index contributed by atoms with van der Waals surface area (Å²) >= 11 is 3.53. The lowest BCUT2D eigenvalue weighted by atomic mass is 10.2. The number of fused-ring (bicyclic) bond motifs is 1. The van der Waals surface area contributed by atoms with Gasteiger partial charge in [-0.2, -0.15) is 9.97 Å². The Morgan fingerprint density at radius 2 is 1.56 bits per heavy atom. The predicted octanol–water partition coefficient (Wildman–Crippen LogP) is 3.86. The minimum Gasteiger partial charge on any atom is -0.382 e. The third-order valence-electron chi connectivity index (χ3n) is 4.35. The highest BCUT2D eigenvalue weighted by atomic mass is 79.9. The molecule has 0 saturated carbocycles. The van der Waals surface area contributed by atoms with Gasteiger partial charge in [0.2, 0.25) is 5.95 Å². The van der Waals surface area contributed by atoms with Crippen LogP contribution >= 0.6 is 15.9 Å². The van der Waals surface area contributed by atoms with Crippen LogP contribution in [0.5, 0.6) is 0 Å². The largest absolute Gasteiger partial charge is 0.382 e. The highest BCUT2D eigenvalue weighted by Gasteiger charge is 2.17. The maximum Gasteiger partial charge on any atom is 0.229 e. The van der Waals surface area contributed by atoms with Gasteiger partial charge >= 0.3 is 0 Å². The number of nitrogen functional groups attached to an aromatic ring is 1. The number of benzene rings is 2. The molecule has 0 aliphatic rings. The number of nitrogens with two attached hydrogens (primary N) is 1. The molecule has 0 aliphatic carbocycles. The molecule has 0 amide bonds. The first kappa shape index (κ1) is 17.5. The van der Waals surface area contributed by atoms with E-state index in [1.54, 1.807) is 0 Å². The van der Waals surface area contributed by atoms with Gasteiger partial charge in [-0.3, -0.25) is 4.57 Å². The van der Waals surface area contributed by atoms with Crippen molar-refractivity contribution in [3.63, 3.8) is 0 Å². The molecule has 0 bridgehead atoms. The van der Waals surface area contributed by atoms with E-state index < -0.39 is 0 Å². The van der Waals surface area contributed by atoms with Crippen LogP contribution in [-0.4, -0.2) is 26.6 Å². The minimum atomic E-state index is 0.377. The summed E-state index contributed by atoms with van der Waals surface area (Å²) in [4.78, 5) is 15.7. The Labute approximate surface area is 165 Å². The van der Waals surface area contributed by atoms with Gasteiger partial charge in [0.25, 0.3) is 0 Å². The molecule has 27 heavy (non-hydrogen) atoms. The van der Waals surface area contributed by atoms with Gasteiger partial charge in [0.15, 0.2) is 21.7 Å². The van der Waals surface area contributed by atoms with Crippen LogP contribution in [0.3, 0.4) is 0 Å². The second-order valence-electron chi connectivity index (χ2n) is 6.38. The van der Waals surface area contributed by atoms with Crippen LogP contribution in [0, 0.1) is 0 Å². The molecule has 0 saturated heterocycles. The summed E-state index contributed by atoms with van der Waals surface area (Å²) in [5.41, 5.74) is 9.85. The van der Waals surface area contributed by atoms with Crippen LogP contribution in [0.15, 0.2) is 65.4 Å². The Kier molecular flexibility index (Phi) is 4.77. The minimum absolute atomic E-state index is 0.377. The van der Waals surface area contributed by atoms with Gasteiger partial charge in [-0.1, -0.05) is 60.7 Å². The van der Waals surface area contributed by atoms with Gasteiger partial charge in [-0.15, -0.1) is 0 Å². The van der Waals surface area contributed by atoms with Crippen molar-refractivity contribution in [1.29, 1.82) is 0 Å². The van der Waals surface area contributed by atoms with Crippen molar-refractivity contribution in [2.45, 2.75) is 13.1 Å². The van der Waals surface area contributed by atoms with Crippen LogP contribution in [-0.2, 0) is 13.1 Å². The molecule has 2 aromatic heterocycles. The van der Waals surface area contributed by atoms with Gasteiger partial charge in [0, 0.05) is 13.6 Å². The van der Waals surface area contributed by atoms with Crippen molar-refractivity contribution >= 4 is 38.9 Å². The number of hydrogen-bond acceptors (Lipinski definition) is 5. The van der Waals surface area contributed by atoms with Crippen molar-refractivity contribution in [1.82, 2.24) is 19.5 Å². The Hall–Kier alpha value is -2.93. The van der Waals surface area contributed by atoms with Gasteiger partial charge in [-0.25, -0.2) is 4.98 Å². The Bertz CT molecular complexity index is 1060. The monoisotopic (exact) mass is 422 g/mol. The number of anilines is 2. The summed E-state index contributed by atoms with van der Waals surface area (Å²) in [6.07, 6.45) is 0. The molecule has 0 atom stereocenters. The van der Waals surface area contributed by atoms with Gasteiger partial charge < -0.3 is 10.6 Å². The molecular weight excluding hydrogens is 404 g/mol. The SMILES string of the molecule is CN(Cc1ccccc1)c1nc(N)c2nc(Br)n(Cc3ccccc3)c2n1. The zero-order valence-electron chi connectivity index (χ0n) is 14.9. The van der Waals surface area contributed by atoms with E-state index in [4.69, 9.17) is 10.7 Å². The van der Waals surface area contributed by atoms with Crippen molar-refractivity contribution in [3.05, 3.63) is 76.5 Å². The second kappa shape index (κ2) is 7.36. The lowest BCUT2D eigenvalue weighted by molar-refractivity contribution is 0.786. The van der Waals surface area contributed by atoms with Crippen molar-refractivity contribution in [2.24, 2.45) is 0 Å². The first-order valence-corrected chi connectivity index (χ1v) is 9.39. The van der Waals surface area contributed by atoms with E-state index in [2.05, 4.69) is 50.2 Å². The van der Waals surface area contributed by atoms with Crippen LogP contribution < -0.4 is 10.6 Å². The highest BCUT2D eigenvalue weighted by Crippen LogP contribution is 2.26. The summed E-state index contributed by atoms with van der Waals surface area (Å²) < 4.78 is 2.69.